The highest BCUT2D eigenvalue weighted by Crippen LogP contribution is 2.34. The Morgan fingerprint density at radius 3 is 2.62 bits per heavy atom. The van der Waals surface area contributed by atoms with E-state index in [1.807, 2.05) is 31.2 Å². The summed E-state index contributed by atoms with van der Waals surface area (Å²) in [5, 5.41) is 3.95. The number of nitrogens with zero attached hydrogens (tertiary/aromatic N) is 3. The van der Waals surface area contributed by atoms with Gasteiger partial charge in [0.25, 0.3) is 0 Å². The van der Waals surface area contributed by atoms with E-state index in [9.17, 15) is 18.0 Å². The first-order valence-corrected chi connectivity index (χ1v) is 13.9. The number of fused-ring (bicyclic) bond motifs is 1. The summed E-state index contributed by atoms with van der Waals surface area (Å²) in [5.41, 5.74) is 18.6. The number of halogens is 3. The van der Waals surface area contributed by atoms with E-state index in [0.29, 0.717) is 59.3 Å². The van der Waals surface area contributed by atoms with Crippen LogP contribution in [0.25, 0.3) is 28.0 Å². The quantitative estimate of drug-likeness (QED) is 0.0917. The van der Waals surface area contributed by atoms with E-state index in [0.717, 1.165) is 37.6 Å². The van der Waals surface area contributed by atoms with Gasteiger partial charge < -0.3 is 27.5 Å². The average Bonchev–Trinajstić information content (AvgIpc) is 3.34. The number of alkyl halides is 3. The Labute approximate surface area is 242 Å². The zero-order chi connectivity index (χ0) is 30.3. The summed E-state index contributed by atoms with van der Waals surface area (Å²) in [7, 11) is 0. The molecular weight excluding hydrogens is 545 g/mol. The molecule has 0 bridgehead atoms. The Morgan fingerprint density at radius 1 is 1.07 bits per heavy atom. The van der Waals surface area contributed by atoms with Gasteiger partial charge >= 0.3 is 11.9 Å². The fourth-order valence-corrected chi connectivity index (χ4v) is 4.75. The lowest BCUT2D eigenvalue weighted by Crippen LogP contribution is -2.24. The second kappa shape index (κ2) is 13.7. The maximum absolute atomic E-state index is 13.7. The fraction of sp³-hybridized carbons (Fsp3) is 0.367. The molecule has 1 atom stereocenters. The molecule has 4 aromatic rings. The maximum atomic E-state index is 13.7. The predicted molar refractivity (Wildman–Crippen MR) is 161 cm³/mol. The first kappa shape index (κ1) is 30.8. The summed E-state index contributed by atoms with van der Waals surface area (Å²) in [6.45, 7) is 3.95. The molecule has 2 heterocycles. The van der Waals surface area contributed by atoms with Crippen LogP contribution in [-0.4, -0.2) is 46.2 Å². The van der Waals surface area contributed by atoms with Gasteiger partial charge in [-0.3, -0.25) is 9.56 Å². The minimum absolute atomic E-state index is 0.0201. The van der Waals surface area contributed by atoms with E-state index in [-0.39, 0.29) is 12.0 Å². The van der Waals surface area contributed by atoms with E-state index in [1.54, 1.807) is 18.3 Å². The third-order valence-electron chi connectivity index (χ3n) is 6.85. The van der Waals surface area contributed by atoms with Gasteiger partial charge in [-0.25, -0.2) is 4.79 Å². The molecule has 4 rings (SSSR count). The number of aromatic nitrogens is 3. The van der Waals surface area contributed by atoms with Crippen LogP contribution >= 0.6 is 0 Å². The molecule has 2 aromatic carbocycles. The van der Waals surface area contributed by atoms with Gasteiger partial charge in [0.15, 0.2) is 5.96 Å². The van der Waals surface area contributed by atoms with Gasteiger partial charge in [-0.1, -0.05) is 12.1 Å². The Balaban J connectivity index is 1.54. The van der Waals surface area contributed by atoms with Crippen LogP contribution in [-0.2, 0) is 19.0 Å². The third-order valence-corrected chi connectivity index (χ3v) is 6.85. The number of rotatable bonds is 13. The smallest absolute Gasteiger partial charge is 0.370 e. The molecule has 0 saturated carbocycles. The Morgan fingerprint density at radius 2 is 1.88 bits per heavy atom. The van der Waals surface area contributed by atoms with Gasteiger partial charge in [0.05, 0.1) is 11.3 Å². The second-order valence-corrected chi connectivity index (χ2v) is 10.5. The summed E-state index contributed by atoms with van der Waals surface area (Å²) < 4.78 is 42.6. The monoisotopic (exact) mass is 582 g/mol. The van der Waals surface area contributed by atoms with Crippen molar-refractivity contribution in [3.05, 3.63) is 81.9 Å². The molecule has 0 aliphatic rings. The van der Waals surface area contributed by atoms with Crippen molar-refractivity contribution in [2.45, 2.75) is 51.2 Å². The first-order chi connectivity index (χ1) is 20.0. The number of aliphatic imine (C=N–C) groups is 1. The SMILES string of the molecule is C[C@H](N)CCCc1cc(-c2cc3cn(-c4cccc(CCNCCCN=C(N)N)c4)c(=O)nc3[nH]2)cc(C(F)(F)F)c1. The van der Waals surface area contributed by atoms with Gasteiger partial charge in [-0.05, 0) is 105 Å². The van der Waals surface area contributed by atoms with E-state index < -0.39 is 17.4 Å². The third kappa shape index (κ3) is 8.43. The molecule has 0 spiro atoms. The standard InChI is InChI=1S/C30H37F3N8O/c1-19(34)5-2-7-21-13-22(16-24(14-21)30(31,32)33)26-17-23-18-41(29(42)40-27(23)39-26)25-8-3-6-20(15-25)9-12-37-10-4-11-38-28(35)36/h3,6,8,13-19,37H,2,4-5,7,9-12,34H2,1H3,(H4,35,36,38)(H,39,40,42)/t19-/m0/s1. The van der Waals surface area contributed by atoms with Crippen molar-refractivity contribution < 1.29 is 13.2 Å². The Bertz CT molecular complexity index is 1590. The molecule has 12 heteroatoms. The Hall–Kier alpha value is -4.16. The predicted octanol–water partition coefficient (Wildman–Crippen LogP) is 3.87. The number of hydrogen-bond donors (Lipinski definition) is 5. The summed E-state index contributed by atoms with van der Waals surface area (Å²) in [4.78, 5) is 24.1. The summed E-state index contributed by atoms with van der Waals surface area (Å²) in [5.74, 6) is 0.0826. The molecular formula is C30H37F3N8O. The molecule has 0 aliphatic carbocycles. The molecule has 8 N–H and O–H groups in total. The largest absolute Gasteiger partial charge is 0.416 e. The topological polar surface area (TPSA) is 153 Å². The highest BCUT2D eigenvalue weighted by molar-refractivity contribution is 5.83. The lowest BCUT2D eigenvalue weighted by molar-refractivity contribution is -0.137. The van der Waals surface area contributed by atoms with Crippen molar-refractivity contribution in [2.75, 3.05) is 19.6 Å². The highest BCUT2D eigenvalue weighted by atomic mass is 19.4. The molecule has 42 heavy (non-hydrogen) atoms. The molecule has 2 aromatic heterocycles. The zero-order valence-corrected chi connectivity index (χ0v) is 23.5. The van der Waals surface area contributed by atoms with Crippen molar-refractivity contribution in [1.82, 2.24) is 19.9 Å². The van der Waals surface area contributed by atoms with Crippen molar-refractivity contribution in [3.63, 3.8) is 0 Å². The van der Waals surface area contributed by atoms with Gasteiger partial charge in [-0.15, -0.1) is 0 Å². The van der Waals surface area contributed by atoms with E-state index in [4.69, 9.17) is 17.2 Å². The van der Waals surface area contributed by atoms with E-state index in [1.165, 1.54) is 10.6 Å². The van der Waals surface area contributed by atoms with Gasteiger partial charge in [0, 0.05) is 29.9 Å². The summed E-state index contributed by atoms with van der Waals surface area (Å²) in [6.07, 6.45) is 0.598. The molecule has 0 amide bonds. The first-order valence-electron chi connectivity index (χ1n) is 13.9. The Kier molecular flexibility index (Phi) is 10.0. The van der Waals surface area contributed by atoms with Crippen LogP contribution in [0.15, 0.2) is 64.5 Å². The van der Waals surface area contributed by atoms with E-state index in [2.05, 4.69) is 20.3 Å². The van der Waals surface area contributed by atoms with Crippen LogP contribution in [0.2, 0.25) is 0 Å². The lowest BCUT2D eigenvalue weighted by Gasteiger charge is -2.12. The molecule has 0 unspecified atom stereocenters. The van der Waals surface area contributed by atoms with Crippen LogP contribution in [0.5, 0.6) is 0 Å². The van der Waals surface area contributed by atoms with Crippen molar-refractivity contribution >= 4 is 17.0 Å². The van der Waals surface area contributed by atoms with Crippen molar-refractivity contribution in [1.29, 1.82) is 0 Å². The molecule has 0 saturated heterocycles. The number of aromatic amines is 1. The van der Waals surface area contributed by atoms with Crippen LogP contribution in [0.4, 0.5) is 13.2 Å². The maximum Gasteiger partial charge on any atom is 0.416 e. The van der Waals surface area contributed by atoms with Crippen LogP contribution in [0.1, 0.15) is 42.9 Å². The molecule has 9 nitrogen and oxygen atoms in total. The van der Waals surface area contributed by atoms with Crippen LogP contribution < -0.4 is 28.2 Å². The van der Waals surface area contributed by atoms with Gasteiger partial charge in [-0.2, -0.15) is 18.2 Å². The molecule has 0 fully saturated rings. The van der Waals surface area contributed by atoms with Crippen molar-refractivity contribution in [3.8, 4) is 16.9 Å². The zero-order valence-electron chi connectivity index (χ0n) is 23.5. The van der Waals surface area contributed by atoms with Crippen LogP contribution in [0, 0.1) is 0 Å². The minimum Gasteiger partial charge on any atom is -0.370 e. The number of aryl methyl sites for hydroxylation is 1. The summed E-state index contributed by atoms with van der Waals surface area (Å²) in [6, 6.07) is 13.3. The molecule has 0 aliphatic heterocycles. The number of guanidine groups is 1. The highest BCUT2D eigenvalue weighted by Gasteiger charge is 2.31. The second-order valence-electron chi connectivity index (χ2n) is 10.5. The van der Waals surface area contributed by atoms with Gasteiger partial charge in [0.2, 0.25) is 0 Å². The van der Waals surface area contributed by atoms with E-state index >= 15 is 0 Å². The molecule has 224 valence electrons. The normalized spacial score (nSPS) is 12.5. The number of nitrogens with two attached hydrogens (primary N) is 3. The van der Waals surface area contributed by atoms with Crippen LogP contribution in [0.3, 0.4) is 0 Å². The number of nitrogens with one attached hydrogen (secondary N) is 2. The molecule has 0 radical (unpaired) electrons. The average molecular weight is 583 g/mol. The minimum atomic E-state index is -4.49. The number of hydrogen-bond acceptors (Lipinski definition) is 5. The number of benzene rings is 2. The fourth-order valence-electron chi connectivity index (χ4n) is 4.75. The number of H-pyrrole nitrogens is 1. The summed E-state index contributed by atoms with van der Waals surface area (Å²) >= 11 is 0. The van der Waals surface area contributed by atoms with Crippen molar-refractivity contribution in [2.24, 2.45) is 22.2 Å². The lowest BCUT2D eigenvalue weighted by atomic mass is 9.99. The van der Waals surface area contributed by atoms with Gasteiger partial charge in [0.1, 0.15) is 5.65 Å².